The minimum Gasteiger partial charge on any atom is -0.399 e. The molecule has 0 spiro atoms. The van der Waals surface area contributed by atoms with Crippen LogP contribution in [0.3, 0.4) is 0 Å². The zero-order valence-electron chi connectivity index (χ0n) is 12.8. The first-order chi connectivity index (χ1) is 9.91. The van der Waals surface area contributed by atoms with Gasteiger partial charge in [-0.15, -0.1) is 0 Å². The van der Waals surface area contributed by atoms with Crippen LogP contribution in [0.1, 0.15) is 26.7 Å². The predicted molar refractivity (Wildman–Crippen MR) is 85.9 cm³/mol. The molecule has 7 heteroatoms. The van der Waals surface area contributed by atoms with Crippen LogP contribution in [0.5, 0.6) is 0 Å². The summed E-state index contributed by atoms with van der Waals surface area (Å²) >= 11 is 0. The van der Waals surface area contributed by atoms with Crippen LogP contribution in [0, 0.1) is 0 Å². The van der Waals surface area contributed by atoms with Crippen LogP contribution in [0.4, 0.5) is 11.4 Å². The van der Waals surface area contributed by atoms with E-state index in [9.17, 15) is 13.5 Å². The van der Waals surface area contributed by atoms with E-state index in [4.69, 9.17) is 5.73 Å². The molecule has 0 saturated carbocycles. The fourth-order valence-corrected chi connectivity index (χ4v) is 3.40. The molecule has 0 aliphatic rings. The standard InChI is InChI=1S/C14H25N3O3S/c1-4-12(5-2)17(8-9-18)13-7-6-11(15)10-14(13)21(19,20)16-3/h6-7,10,12,16,18H,4-5,8-9,15H2,1-3H3. The summed E-state index contributed by atoms with van der Waals surface area (Å²) in [5.41, 5.74) is 6.69. The van der Waals surface area contributed by atoms with Crippen LogP contribution < -0.4 is 15.4 Å². The summed E-state index contributed by atoms with van der Waals surface area (Å²) < 4.78 is 26.8. The lowest BCUT2D eigenvalue weighted by molar-refractivity contribution is 0.295. The van der Waals surface area contributed by atoms with Crippen LogP contribution in [-0.2, 0) is 10.0 Å². The predicted octanol–water partition coefficient (Wildman–Crippen LogP) is 1.16. The van der Waals surface area contributed by atoms with E-state index in [1.807, 2.05) is 18.7 Å². The van der Waals surface area contributed by atoms with Crippen LogP contribution >= 0.6 is 0 Å². The molecule has 0 amide bonds. The van der Waals surface area contributed by atoms with Gasteiger partial charge in [-0.3, -0.25) is 0 Å². The van der Waals surface area contributed by atoms with Gasteiger partial charge in [0.05, 0.1) is 12.3 Å². The Kier molecular flexibility index (Phi) is 6.44. The lowest BCUT2D eigenvalue weighted by Crippen LogP contribution is -2.38. The molecule has 0 unspecified atom stereocenters. The molecule has 0 aliphatic heterocycles. The van der Waals surface area contributed by atoms with Gasteiger partial charge >= 0.3 is 0 Å². The Morgan fingerprint density at radius 1 is 1.33 bits per heavy atom. The summed E-state index contributed by atoms with van der Waals surface area (Å²) in [7, 11) is -2.25. The Bertz CT molecular complexity index is 557. The fraction of sp³-hybridized carbons (Fsp3) is 0.571. The first-order valence-electron chi connectivity index (χ1n) is 7.11. The molecule has 0 atom stereocenters. The number of aliphatic hydroxyl groups excluding tert-OH is 1. The smallest absolute Gasteiger partial charge is 0.242 e. The van der Waals surface area contributed by atoms with E-state index in [1.54, 1.807) is 12.1 Å². The summed E-state index contributed by atoms with van der Waals surface area (Å²) in [6, 6.07) is 4.99. The highest BCUT2D eigenvalue weighted by Crippen LogP contribution is 2.30. The molecule has 0 heterocycles. The number of anilines is 2. The minimum absolute atomic E-state index is 0.0417. The van der Waals surface area contributed by atoms with Gasteiger partial charge in [0.15, 0.2) is 0 Å². The molecule has 4 N–H and O–H groups in total. The normalized spacial score (nSPS) is 11.9. The number of hydrogen-bond acceptors (Lipinski definition) is 5. The summed E-state index contributed by atoms with van der Waals surface area (Å²) in [6.45, 7) is 4.42. The first kappa shape index (κ1) is 17.7. The van der Waals surface area contributed by atoms with Crippen molar-refractivity contribution in [2.45, 2.75) is 37.6 Å². The highest BCUT2D eigenvalue weighted by molar-refractivity contribution is 7.89. The quantitative estimate of drug-likeness (QED) is 0.626. The van der Waals surface area contributed by atoms with Gasteiger partial charge in [-0.1, -0.05) is 13.8 Å². The Morgan fingerprint density at radius 2 is 1.95 bits per heavy atom. The van der Waals surface area contributed by atoms with Crippen molar-refractivity contribution in [2.75, 3.05) is 30.8 Å². The summed E-state index contributed by atoms with van der Waals surface area (Å²) in [4.78, 5) is 2.08. The van der Waals surface area contributed by atoms with Crippen molar-refractivity contribution in [3.05, 3.63) is 18.2 Å². The zero-order valence-corrected chi connectivity index (χ0v) is 13.7. The molecule has 120 valence electrons. The van der Waals surface area contributed by atoms with E-state index in [0.717, 1.165) is 12.8 Å². The number of hydrogen-bond donors (Lipinski definition) is 3. The minimum atomic E-state index is -3.62. The summed E-state index contributed by atoms with van der Waals surface area (Å²) in [6.07, 6.45) is 1.72. The Hall–Kier alpha value is -1.31. The van der Waals surface area contributed by atoms with E-state index < -0.39 is 10.0 Å². The summed E-state index contributed by atoms with van der Waals surface area (Å²) in [5, 5.41) is 9.31. The third-order valence-electron chi connectivity index (χ3n) is 3.58. The molecule has 1 aromatic carbocycles. The molecule has 0 aliphatic carbocycles. The van der Waals surface area contributed by atoms with Crippen LogP contribution in [0.2, 0.25) is 0 Å². The Labute approximate surface area is 127 Å². The van der Waals surface area contributed by atoms with E-state index in [-0.39, 0.29) is 17.5 Å². The van der Waals surface area contributed by atoms with Crippen molar-refractivity contribution in [2.24, 2.45) is 0 Å². The Morgan fingerprint density at radius 3 is 2.43 bits per heavy atom. The average molecular weight is 315 g/mol. The number of aliphatic hydroxyl groups is 1. The lowest BCUT2D eigenvalue weighted by Gasteiger charge is -2.33. The molecule has 1 aromatic rings. The van der Waals surface area contributed by atoms with Crippen LogP contribution in [0.15, 0.2) is 23.1 Å². The van der Waals surface area contributed by atoms with E-state index in [2.05, 4.69) is 4.72 Å². The zero-order chi connectivity index (χ0) is 16.0. The molecule has 0 radical (unpaired) electrons. The van der Waals surface area contributed by atoms with Gasteiger partial charge in [-0.05, 0) is 38.1 Å². The first-order valence-corrected chi connectivity index (χ1v) is 8.60. The largest absolute Gasteiger partial charge is 0.399 e. The molecular formula is C14H25N3O3S. The van der Waals surface area contributed by atoms with E-state index >= 15 is 0 Å². The highest BCUT2D eigenvalue weighted by atomic mass is 32.2. The highest BCUT2D eigenvalue weighted by Gasteiger charge is 2.24. The molecule has 0 saturated heterocycles. The van der Waals surface area contributed by atoms with Crippen molar-refractivity contribution < 1.29 is 13.5 Å². The van der Waals surface area contributed by atoms with Crippen LogP contribution in [-0.4, -0.2) is 39.8 Å². The van der Waals surface area contributed by atoms with E-state index in [0.29, 0.717) is 17.9 Å². The number of benzene rings is 1. The molecule has 0 bridgehead atoms. The average Bonchev–Trinajstić information content (AvgIpc) is 2.47. The van der Waals surface area contributed by atoms with Gasteiger partial charge in [0.1, 0.15) is 4.90 Å². The van der Waals surface area contributed by atoms with Crippen molar-refractivity contribution in [1.29, 1.82) is 0 Å². The SMILES string of the molecule is CCC(CC)N(CCO)c1ccc(N)cc1S(=O)(=O)NC. The molecular weight excluding hydrogens is 290 g/mol. The number of nitrogen functional groups attached to an aromatic ring is 1. The maximum absolute atomic E-state index is 12.2. The second-order valence-corrected chi connectivity index (χ2v) is 6.68. The fourth-order valence-electron chi connectivity index (χ4n) is 2.43. The molecule has 0 aromatic heterocycles. The number of rotatable bonds is 8. The number of nitrogens with two attached hydrogens (primary N) is 1. The topological polar surface area (TPSA) is 95.7 Å². The van der Waals surface area contributed by atoms with Crippen molar-refractivity contribution >= 4 is 21.4 Å². The lowest BCUT2D eigenvalue weighted by atomic mass is 10.1. The summed E-state index contributed by atoms with van der Waals surface area (Å²) in [5.74, 6) is 0. The monoisotopic (exact) mass is 315 g/mol. The third kappa shape index (κ3) is 4.09. The van der Waals surface area contributed by atoms with E-state index in [1.165, 1.54) is 13.1 Å². The van der Waals surface area contributed by atoms with Crippen LogP contribution in [0.25, 0.3) is 0 Å². The Balaban J connectivity index is 3.44. The van der Waals surface area contributed by atoms with Gasteiger partial charge in [0.2, 0.25) is 10.0 Å². The maximum atomic E-state index is 12.2. The van der Waals surface area contributed by atoms with Gasteiger partial charge < -0.3 is 15.7 Å². The second kappa shape index (κ2) is 7.63. The molecule has 6 nitrogen and oxygen atoms in total. The molecule has 21 heavy (non-hydrogen) atoms. The van der Waals surface area contributed by atoms with Crippen molar-refractivity contribution in [1.82, 2.24) is 4.72 Å². The maximum Gasteiger partial charge on any atom is 0.242 e. The number of nitrogens with one attached hydrogen (secondary N) is 1. The number of sulfonamides is 1. The third-order valence-corrected chi connectivity index (χ3v) is 5.02. The van der Waals surface area contributed by atoms with Gasteiger partial charge in [-0.2, -0.15) is 0 Å². The van der Waals surface area contributed by atoms with Crippen molar-refractivity contribution in [3.63, 3.8) is 0 Å². The van der Waals surface area contributed by atoms with Crippen molar-refractivity contribution in [3.8, 4) is 0 Å². The van der Waals surface area contributed by atoms with Gasteiger partial charge in [0, 0.05) is 18.3 Å². The number of nitrogens with zero attached hydrogens (tertiary/aromatic N) is 1. The second-order valence-electron chi connectivity index (χ2n) is 4.82. The molecule has 0 fully saturated rings. The molecule has 1 rings (SSSR count). The van der Waals surface area contributed by atoms with Gasteiger partial charge in [-0.25, -0.2) is 13.1 Å². The van der Waals surface area contributed by atoms with Gasteiger partial charge in [0.25, 0.3) is 0 Å².